The zero-order valence-corrected chi connectivity index (χ0v) is 24.4. The topological polar surface area (TPSA) is 6.48 Å². The number of para-hydroxylation sites is 1. The minimum Gasteiger partial charge on any atom is -0.336 e. The molecule has 2 atom stereocenters. The molecule has 3 heterocycles. The van der Waals surface area contributed by atoms with Gasteiger partial charge in [0, 0.05) is 45.0 Å². The number of anilines is 5. The summed E-state index contributed by atoms with van der Waals surface area (Å²) in [6.45, 7) is 7.43. The van der Waals surface area contributed by atoms with Crippen LogP contribution >= 0.6 is 0 Å². The maximum atomic E-state index is 2.74. The molecule has 0 spiro atoms. The van der Waals surface area contributed by atoms with E-state index in [4.69, 9.17) is 0 Å². The molecule has 0 radical (unpaired) electrons. The van der Waals surface area contributed by atoms with Gasteiger partial charge in [-0.25, -0.2) is 0 Å². The van der Waals surface area contributed by atoms with E-state index in [-0.39, 0.29) is 12.3 Å². The lowest BCUT2D eigenvalue weighted by atomic mass is 9.33. The van der Waals surface area contributed by atoms with E-state index in [2.05, 4.69) is 146 Å². The molecule has 0 N–H and O–H groups in total. The molecule has 42 heavy (non-hydrogen) atoms. The zero-order valence-electron chi connectivity index (χ0n) is 24.4. The van der Waals surface area contributed by atoms with Gasteiger partial charge in [0.05, 0.1) is 5.69 Å². The van der Waals surface area contributed by atoms with Crippen molar-refractivity contribution in [1.82, 2.24) is 0 Å². The fourth-order valence-corrected chi connectivity index (χ4v) is 8.79. The van der Waals surface area contributed by atoms with Gasteiger partial charge in [-0.15, -0.1) is 0 Å². The zero-order chi connectivity index (χ0) is 28.2. The SMILES string of the molecule is CCC1c2cccc3c2N(c2cccc4c2B3c2ccc3ccccc3c2N4c2cccc3ccccc23)C1(C)CC. The summed E-state index contributed by atoms with van der Waals surface area (Å²) in [5.41, 5.74) is 12.5. The van der Waals surface area contributed by atoms with Gasteiger partial charge in [-0.2, -0.15) is 0 Å². The van der Waals surface area contributed by atoms with E-state index < -0.39 is 0 Å². The van der Waals surface area contributed by atoms with Gasteiger partial charge in [0.1, 0.15) is 0 Å². The van der Waals surface area contributed by atoms with E-state index in [0.717, 1.165) is 12.8 Å². The quantitative estimate of drug-likeness (QED) is 0.208. The molecule has 0 amide bonds. The van der Waals surface area contributed by atoms with Crippen molar-refractivity contribution in [2.24, 2.45) is 0 Å². The highest BCUT2D eigenvalue weighted by Crippen LogP contribution is 2.56. The van der Waals surface area contributed by atoms with E-state index >= 15 is 0 Å². The largest absolute Gasteiger partial charge is 0.336 e. The molecule has 0 bridgehead atoms. The van der Waals surface area contributed by atoms with Crippen LogP contribution in [0.25, 0.3) is 21.5 Å². The smallest absolute Gasteiger partial charge is 0.252 e. The summed E-state index contributed by atoms with van der Waals surface area (Å²) < 4.78 is 0. The van der Waals surface area contributed by atoms with Crippen LogP contribution in [0.15, 0.2) is 115 Å². The molecular formula is C39H33BN2. The number of hydrogen-bond acceptors (Lipinski definition) is 2. The van der Waals surface area contributed by atoms with Crippen LogP contribution in [-0.2, 0) is 0 Å². The third-order valence-corrected chi connectivity index (χ3v) is 10.7. The number of nitrogens with zero attached hydrogens (tertiary/aromatic N) is 2. The predicted molar refractivity (Wildman–Crippen MR) is 181 cm³/mol. The van der Waals surface area contributed by atoms with E-state index in [0.29, 0.717) is 5.92 Å². The van der Waals surface area contributed by atoms with Gasteiger partial charge < -0.3 is 9.80 Å². The molecule has 3 aliphatic rings. The molecule has 202 valence electrons. The summed E-state index contributed by atoms with van der Waals surface area (Å²) in [4.78, 5) is 5.33. The highest BCUT2D eigenvalue weighted by Gasteiger charge is 2.53. The maximum Gasteiger partial charge on any atom is 0.252 e. The van der Waals surface area contributed by atoms with E-state index in [1.807, 2.05) is 0 Å². The Balaban J connectivity index is 1.45. The Morgan fingerprint density at radius 3 is 2.07 bits per heavy atom. The number of fused-ring (bicyclic) bond motifs is 7. The van der Waals surface area contributed by atoms with Gasteiger partial charge in [-0.1, -0.05) is 111 Å². The second-order valence-electron chi connectivity index (χ2n) is 12.5. The Kier molecular flexibility index (Phi) is 4.89. The van der Waals surface area contributed by atoms with Crippen LogP contribution in [0.1, 0.15) is 45.1 Å². The molecule has 9 rings (SSSR count). The second-order valence-corrected chi connectivity index (χ2v) is 12.5. The molecule has 0 aromatic heterocycles. The molecule has 3 heteroatoms. The molecular weight excluding hydrogens is 507 g/mol. The number of benzene rings is 6. The second kappa shape index (κ2) is 8.52. The fourth-order valence-electron chi connectivity index (χ4n) is 8.79. The third-order valence-electron chi connectivity index (χ3n) is 10.7. The first-order valence-electron chi connectivity index (χ1n) is 15.5. The summed E-state index contributed by atoms with van der Waals surface area (Å²) in [6, 6.07) is 43.4. The van der Waals surface area contributed by atoms with Crippen molar-refractivity contribution in [1.29, 1.82) is 0 Å². The normalized spacial score (nSPS) is 19.7. The highest BCUT2D eigenvalue weighted by molar-refractivity contribution is 7.00. The minimum absolute atomic E-state index is 0.0290. The van der Waals surface area contributed by atoms with Crippen LogP contribution in [0.3, 0.4) is 0 Å². The van der Waals surface area contributed by atoms with Crippen LogP contribution in [0.2, 0.25) is 0 Å². The first-order chi connectivity index (χ1) is 20.7. The van der Waals surface area contributed by atoms with Gasteiger partial charge in [-0.05, 0) is 70.7 Å². The van der Waals surface area contributed by atoms with Crippen molar-refractivity contribution in [2.45, 2.75) is 45.1 Å². The van der Waals surface area contributed by atoms with E-state index in [9.17, 15) is 0 Å². The number of rotatable bonds is 3. The lowest BCUT2D eigenvalue weighted by molar-refractivity contribution is 0.376. The average Bonchev–Trinajstić information content (AvgIpc) is 3.31. The molecule has 0 aliphatic carbocycles. The van der Waals surface area contributed by atoms with Gasteiger partial charge >= 0.3 is 0 Å². The van der Waals surface area contributed by atoms with Crippen molar-refractivity contribution in [3.05, 3.63) is 121 Å². The van der Waals surface area contributed by atoms with Crippen LogP contribution in [0.4, 0.5) is 28.4 Å². The van der Waals surface area contributed by atoms with Crippen LogP contribution in [-0.4, -0.2) is 12.3 Å². The maximum absolute atomic E-state index is 2.74. The van der Waals surface area contributed by atoms with Gasteiger partial charge in [0.2, 0.25) is 0 Å². The number of hydrogen-bond donors (Lipinski definition) is 0. The van der Waals surface area contributed by atoms with Crippen LogP contribution < -0.4 is 26.2 Å². The Morgan fingerprint density at radius 1 is 0.619 bits per heavy atom. The average molecular weight is 541 g/mol. The molecule has 0 saturated carbocycles. The summed E-state index contributed by atoms with van der Waals surface area (Å²) in [5.74, 6) is 0.499. The van der Waals surface area contributed by atoms with Gasteiger partial charge in [0.15, 0.2) is 0 Å². The standard InChI is InChI=1S/C39H33BN2/c1-4-30-29-18-11-19-31-38(29)42(39(30,3)5-2)35-22-12-21-34-36(35)40(31)32-24-23-26-14-7-9-17-28(26)37(32)41(34)33-20-10-15-25-13-6-8-16-27(25)33/h6-24,30H,4-5H2,1-3H3. The Morgan fingerprint density at radius 2 is 1.26 bits per heavy atom. The molecule has 3 aliphatic heterocycles. The van der Waals surface area contributed by atoms with Gasteiger partial charge in [-0.3, -0.25) is 0 Å². The van der Waals surface area contributed by atoms with Crippen LogP contribution in [0.5, 0.6) is 0 Å². The van der Waals surface area contributed by atoms with E-state index in [1.54, 1.807) is 0 Å². The monoisotopic (exact) mass is 540 g/mol. The summed E-state index contributed by atoms with van der Waals surface area (Å²) >= 11 is 0. The minimum atomic E-state index is 0.0290. The third kappa shape index (κ3) is 2.86. The van der Waals surface area contributed by atoms with Crippen molar-refractivity contribution < 1.29 is 0 Å². The van der Waals surface area contributed by atoms with Crippen molar-refractivity contribution in [3.63, 3.8) is 0 Å². The molecule has 6 aromatic carbocycles. The Hall–Kier alpha value is -4.50. The molecule has 0 saturated heterocycles. The van der Waals surface area contributed by atoms with Crippen LogP contribution in [0, 0.1) is 0 Å². The Labute approximate surface area is 248 Å². The first-order valence-corrected chi connectivity index (χ1v) is 15.5. The Bertz CT molecular complexity index is 2070. The van der Waals surface area contributed by atoms with Crippen molar-refractivity contribution in [2.75, 3.05) is 9.80 Å². The van der Waals surface area contributed by atoms with Crippen molar-refractivity contribution in [3.8, 4) is 0 Å². The lowest BCUT2D eigenvalue weighted by Crippen LogP contribution is -2.63. The first kappa shape index (κ1) is 24.1. The van der Waals surface area contributed by atoms with Crippen molar-refractivity contribution >= 4 is 73.1 Å². The lowest BCUT2D eigenvalue weighted by Gasteiger charge is -2.48. The molecule has 2 nitrogen and oxygen atoms in total. The molecule has 6 aromatic rings. The predicted octanol–water partition coefficient (Wildman–Crippen LogP) is 8.42. The van der Waals surface area contributed by atoms with E-state index in [1.165, 1.54) is 71.9 Å². The van der Waals surface area contributed by atoms with Gasteiger partial charge in [0.25, 0.3) is 6.71 Å². The summed E-state index contributed by atoms with van der Waals surface area (Å²) in [7, 11) is 0. The highest BCUT2D eigenvalue weighted by atomic mass is 15.3. The summed E-state index contributed by atoms with van der Waals surface area (Å²) in [5, 5.41) is 5.13. The molecule has 0 fully saturated rings. The molecule has 2 unspecified atom stereocenters. The summed E-state index contributed by atoms with van der Waals surface area (Å²) in [6.07, 6.45) is 2.24. The fraction of sp³-hybridized carbons (Fsp3) is 0.179.